The maximum absolute atomic E-state index is 12.0. The number of β-lactam (4-membered cyclic amide) rings is 1. The van der Waals surface area contributed by atoms with E-state index in [1.807, 2.05) is 0 Å². The van der Waals surface area contributed by atoms with Crippen molar-refractivity contribution in [2.75, 3.05) is 13.1 Å². The fraction of sp³-hybridized carbons (Fsp3) is 0.750. The number of amides is 3. The molecule has 100 valence electrons. The predicted octanol–water partition coefficient (Wildman–Crippen LogP) is -0.621. The molecule has 6 heteroatoms. The highest BCUT2D eigenvalue weighted by Crippen LogP contribution is 2.44. The SMILES string of the molecule is CC(=O)NC1CCC2(CC1)CN(CC(N)=O)C2=O. The van der Waals surface area contributed by atoms with Gasteiger partial charge in [-0.15, -0.1) is 0 Å². The summed E-state index contributed by atoms with van der Waals surface area (Å²) in [5.41, 5.74) is 4.79. The quantitative estimate of drug-likeness (QED) is 0.656. The van der Waals surface area contributed by atoms with E-state index < -0.39 is 5.91 Å². The summed E-state index contributed by atoms with van der Waals surface area (Å²) in [5.74, 6) is -0.445. The van der Waals surface area contributed by atoms with E-state index in [2.05, 4.69) is 5.32 Å². The molecule has 0 unspecified atom stereocenters. The number of carbonyl (C=O) groups is 3. The normalized spacial score (nSPS) is 31.1. The van der Waals surface area contributed by atoms with Gasteiger partial charge in [0.05, 0.1) is 12.0 Å². The van der Waals surface area contributed by atoms with E-state index >= 15 is 0 Å². The van der Waals surface area contributed by atoms with Crippen molar-refractivity contribution in [3.05, 3.63) is 0 Å². The van der Waals surface area contributed by atoms with Gasteiger partial charge in [-0.05, 0) is 25.7 Å². The highest BCUT2D eigenvalue weighted by molar-refractivity contribution is 5.92. The third kappa shape index (κ3) is 2.32. The largest absolute Gasteiger partial charge is 0.368 e. The lowest BCUT2D eigenvalue weighted by Gasteiger charge is -2.51. The summed E-state index contributed by atoms with van der Waals surface area (Å²) in [5, 5.41) is 2.89. The van der Waals surface area contributed by atoms with Crippen LogP contribution in [0, 0.1) is 5.41 Å². The Morgan fingerprint density at radius 2 is 2.06 bits per heavy atom. The van der Waals surface area contributed by atoms with E-state index in [4.69, 9.17) is 5.73 Å². The Kier molecular flexibility index (Phi) is 3.28. The number of primary amides is 1. The molecule has 2 aliphatic rings. The zero-order chi connectivity index (χ0) is 13.3. The van der Waals surface area contributed by atoms with Crippen molar-refractivity contribution in [1.29, 1.82) is 0 Å². The van der Waals surface area contributed by atoms with Gasteiger partial charge in [-0.25, -0.2) is 0 Å². The van der Waals surface area contributed by atoms with Gasteiger partial charge < -0.3 is 16.0 Å². The van der Waals surface area contributed by atoms with Crippen LogP contribution in [-0.2, 0) is 14.4 Å². The van der Waals surface area contributed by atoms with Gasteiger partial charge >= 0.3 is 0 Å². The molecule has 0 radical (unpaired) electrons. The molecule has 1 aliphatic heterocycles. The number of nitrogens with one attached hydrogen (secondary N) is 1. The van der Waals surface area contributed by atoms with Crippen LogP contribution in [0.5, 0.6) is 0 Å². The van der Waals surface area contributed by atoms with Gasteiger partial charge in [-0.1, -0.05) is 0 Å². The van der Waals surface area contributed by atoms with Crippen molar-refractivity contribution >= 4 is 17.7 Å². The second-order valence-electron chi connectivity index (χ2n) is 5.38. The first kappa shape index (κ1) is 12.9. The molecule has 1 spiro atoms. The van der Waals surface area contributed by atoms with Crippen LogP contribution in [0.1, 0.15) is 32.6 Å². The minimum absolute atomic E-state index is 0.0220. The minimum Gasteiger partial charge on any atom is -0.368 e. The summed E-state index contributed by atoms with van der Waals surface area (Å²) in [6, 6.07) is 0.186. The van der Waals surface area contributed by atoms with Crippen LogP contribution < -0.4 is 11.1 Å². The van der Waals surface area contributed by atoms with Crippen LogP contribution in [0.15, 0.2) is 0 Å². The maximum atomic E-state index is 12.0. The molecular formula is C12H19N3O3. The van der Waals surface area contributed by atoms with Gasteiger partial charge in [0, 0.05) is 19.5 Å². The van der Waals surface area contributed by atoms with Crippen molar-refractivity contribution in [3.63, 3.8) is 0 Å². The van der Waals surface area contributed by atoms with Gasteiger partial charge in [0.25, 0.3) is 0 Å². The molecule has 1 saturated carbocycles. The first-order valence-corrected chi connectivity index (χ1v) is 6.28. The van der Waals surface area contributed by atoms with Gasteiger partial charge in [0.1, 0.15) is 0 Å². The van der Waals surface area contributed by atoms with Crippen LogP contribution in [-0.4, -0.2) is 41.8 Å². The van der Waals surface area contributed by atoms with Crippen LogP contribution in [0.4, 0.5) is 0 Å². The number of hydrogen-bond acceptors (Lipinski definition) is 3. The molecule has 0 aromatic rings. The van der Waals surface area contributed by atoms with E-state index in [1.165, 1.54) is 11.8 Å². The van der Waals surface area contributed by atoms with E-state index in [0.29, 0.717) is 6.54 Å². The summed E-state index contributed by atoms with van der Waals surface area (Å²) in [6.07, 6.45) is 3.23. The molecule has 3 amide bonds. The maximum Gasteiger partial charge on any atom is 0.237 e. The molecule has 1 aliphatic carbocycles. The van der Waals surface area contributed by atoms with E-state index in [9.17, 15) is 14.4 Å². The van der Waals surface area contributed by atoms with Crippen LogP contribution in [0.25, 0.3) is 0 Å². The van der Waals surface area contributed by atoms with Crippen molar-refractivity contribution in [2.24, 2.45) is 11.1 Å². The lowest BCUT2D eigenvalue weighted by molar-refractivity contribution is -0.165. The number of likely N-dealkylation sites (tertiary alicyclic amines) is 1. The zero-order valence-corrected chi connectivity index (χ0v) is 10.6. The number of rotatable bonds is 3. The molecule has 0 bridgehead atoms. The Balaban J connectivity index is 1.85. The van der Waals surface area contributed by atoms with Crippen molar-refractivity contribution < 1.29 is 14.4 Å². The topological polar surface area (TPSA) is 92.5 Å². The highest BCUT2D eigenvalue weighted by atomic mass is 16.2. The lowest BCUT2D eigenvalue weighted by atomic mass is 9.66. The number of hydrogen-bond donors (Lipinski definition) is 2. The van der Waals surface area contributed by atoms with E-state index in [0.717, 1.165) is 25.7 Å². The molecule has 2 rings (SSSR count). The molecule has 3 N–H and O–H groups in total. The number of carbonyl (C=O) groups excluding carboxylic acids is 3. The first-order chi connectivity index (χ1) is 8.43. The Labute approximate surface area is 106 Å². The number of nitrogens with two attached hydrogens (primary N) is 1. The molecule has 0 aromatic carbocycles. The summed E-state index contributed by atoms with van der Waals surface area (Å²) in [6.45, 7) is 2.16. The summed E-state index contributed by atoms with van der Waals surface area (Å²) >= 11 is 0. The fourth-order valence-corrected chi connectivity index (χ4v) is 3.04. The second kappa shape index (κ2) is 4.59. The Morgan fingerprint density at radius 3 is 2.50 bits per heavy atom. The van der Waals surface area contributed by atoms with E-state index in [1.54, 1.807) is 0 Å². The zero-order valence-electron chi connectivity index (χ0n) is 10.6. The Hall–Kier alpha value is -1.59. The highest BCUT2D eigenvalue weighted by Gasteiger charge is 2.53. The third-order valence-corrected chi connectivity index (χ3v) is 3.93. The molecule has 1 saturated heterocycles. The molecule has 0 atom stereocenters. The number of nitrogens with zero attached hydrogens (tertiary/aromatic N) is 1. The molecule has 6 nitrogen and oxygen atoms in total. The van der Waals surface area contributed by atoms with Gasteiger partial charge in [0.15, 0.2) is 0 Å². The van der Waals surface area contributed by atoms with Gasteiger partial charge in [-0.2, -0.15) is 0 Å². The van der Waals surface area contributed by atoms with Crippen molar-refractivity contribution in [1.82, 2.24) is 10.2 Å². The predicted molar refractivity (Wildman–Crippen MR) is 64.3 cm³/mol. The smallest absolute Gasteiger partial charge is 0.237 e. The molecular weight excluding hydrogens is 234 g/mol. The molecule has 1 heterocycles. The summed E-state index contributed by atoms with van der Waals surface area (Å²) < 4.78 is 0. The van der Waals surface area contributed by atoms with Crippen molar-refractivity contribution in [3.8, 4) is 0 Å². The Bertz CT molecular complexity index is 386. The molecule has 18 heavy (non-hydrogen) atoms. The first-order valence-electron chi connectivity index (χ1n) is 6.28. The average molecular weight is 253 g/mol. The van der Waals surface area contributed by atoms with Crippen molar-refractivity contribution in [2.45, 2.75) is 38.6 Å². The minimum atomic E-state index is -0.467. The second-order valence-corrected chi connectivity index (χ2v) is 5.38. The van der Waals surface area contributed by atoms with Crippen LogP contribution in [0.3, 0.4) is 0 Å². The average Bonchev–Trinajstić information content (AvgIpc) is 2.29. The van der Waals surface area contributed by atoms with Gasteiger partial charge in [-0.3, -0.25) is 14.4 Å². The van der Waals surface area contributed by atoms with E-state index in [-0.39, 0.29) is 29.8 Å². The third-order valence-electron chi connectivity index (χ3n) is 3.93. The van der Waals surface area contributed by atoms with Gasteiger partial charge in [0.2, 0.25) is 17.7 Å². The fourth-order valence-electron chi connectivity index (χ4n) is 3.04. The molecule has 2 fully saturated rings. The summed E-state index contributed by atoms with van der Waals surface area (Å²) in [4.78, 5) is 35.3. The van der Waals surface area contributed by atoms with Crippen LogP contribution >= 0.6 is 0 Å². The Morgan fingerprint density at radius 1 is 1.44 bits per heavy atom. The van der Waals surface area contributed by atoms with Crippen LogP contribution in [0.2, 0.25) is 0 Å². The lowest BCUT2D eigenvalue weighted by Crippen LogP contribution is -2.64. The monoisotopic (exact) mass is 253 g/mol. The molecule has 0 aromatic heterocycles. The standard InChI is InChI=1S/C12H19N3O3/c1-8(16)14-9-2-4-12(5-3-9)7-15(11(12)18)6-10(13)17/h9H,2-7H2,1H3,(H2,13,17)(H,14,16). The summed E-state index contributed by atoms with van der Waals surface area (Å²) in [7, 11) is 0.